The van der Waals surface area contributed by atoms with E-state index in [9.17, 15) is 14.9 Å². The molecule has 1 heterocycles. The summed E-state index contributed by atoms with van der Waals surface area (Å²) in [6.45, 7) is 2.15. The number of amides is 1. The number of furan rings is 1. The van der Waals surface area contributed by atoms with Crippen LogP contribution < -0.4 is 5.43 Å². The zero-order chi connectivity index (χ0) is 15.5. The van der Waals surface area contributed by atoms with Crippen molar-refractivity contribution in [3.8, 4) is 0 Å². The number of allylic oxidation sites excluding steroid dienone is 1. The molecule has 0 unspecified atom stereocenters. The van der Waals surface area contributed by atoms with E-state index in [1.54, 1.807) is 6.08 Å². The average molecular weight is 293 g/mol. The van der Waals surface area contributed by atoms with Crippen molar-refractivity contribution in [3.63, 3.8) is 0 Å². The number of carbonyl (C=O) groups is 1. The molecule has 0 saturated carbocycles. The highest BCUT2D eigenvalue weighted by Gasteiger charge is 2.10. The topological polar surface area (TPSA) is 97.7 Å². The predicted molar refractivity (Wildman–Crippen MR) is 79.0 cm³/mol. The first-order valence-electron chi connectivity index (χ1n) is 6.87. The lowest BCUT2D eigenvalue weighted by molar-refractivity contribution is -0.402. The van der Waals surface area contributed by atoms with Crippen molar-refractivity contribution in [2.24, 2.45) is 5.10 Å². The minimum absolute atomic E-state index is 0.200. The maximum Gasteiger partial charge on any atom is 0.433 e. The molecule has 1 N–H and O–H groups in total. The van der Waals surface area contributed by atoms with Crippen molar-refractivity contribution in [2.45, 2.75) is 39.0 Å². The third-order valence-electron chi connectivity index (χ3n) is 2.65. The van der Waals surface area contributed by atoms with Crippen LogP contribution in [-0.4, -0.2) is 17.0 Å². The zero-order valence-electron chi connectivity index (χ0n) is 11.9. The minimum atomic E-state index is -0.642. The van der Waals surface area contributed by atoms with Gasteiger partial charge in [0, 0.05) is 6.08 Å². The molecule has 0 aliphatic carbocycles. The minimum Gasteiger partial charge on any atom is -0.400 e. The molecule has 114 valence electrons. The second-order valence-corrected chi connectivity index (χ2v) is 4.42. The van der Waals surface area contributed by atoms with Crippen LogP contribution in [0.1, 0.15) is 44.8 Å². The monoisotopic (exact) mass is 293 g/mol. The van der Waals surface area contributed by atoms with Gasteiger partial charge in [-0.2, -0.15) is 5.10 Å². The molecule has 1 rings (SSSR count). The Kier molecular flexibility index (Phi) is 7.49. The van der Waals surface area contributed by atoms with Gasteiger partial charge >= 0.3 is 5.88 Å². The van der Waals surface area contributed by atoms with Gasteiger partial charge in [-0.05, 0) is 18.9 Å². The molecule has 1 aromatic rings. The van der Waals surface area contributed by atoms with Crippen LogP contribution in [0.3, 0.4) is 0 Å². The Labute approximate surface area is 122 Å². The summed E-state index contributed by atoms with van der Waals surface area (Å²) in [7, 11) is 0. The largest absolute Gasteiger partial charge is 0.433 e. The Bertz CT molecular complexity index is 520. The van der Waals surface area contributed by atoms with E-state index in [4.69, 9.17) is 4.42 Å². The van der Waals surface area contributed by atoms with Crippen LogP contribution in [0.5, 0.6) is 0 Å². The van der Waals surface area contributed by atoms with Gasteiger partial charge in [-0.1, -0.05) is 32.3 Å². The lowest BCUT2D eigenvalue weighted by Crippen LogP contribution is -2.14. The summed E-state index contributed by atoms with van der Waals surface area (Å²) in [5.41, 5.74) is 2.29. The van der Waals surface area contributed by atoms with E-state index in [1.807, 2.05) is 0 Å². The Balaban J connectivity index is 2.26. The molecule has 1 amide bonds. The number of nitro groups is 1. The van der Waals surface area contributed by atoms with Gasteiger partial charge in [0.2, 0.25) is 0 Å². The quantitative estimate of drug-likeness (QED) is 0.248. The van der Waals surface area contributed by atoms with Crippen LogP contribution in [-0.2, 0) is 4.79 Å². The molecule has 0 aliphatic heterocycles. The van der Waals surface area contributed by atoms with Gasteiger partial charge in [-0.15, -0.1) is 0 Å². The first-order valence-corrected chi connectivity index (χ1v) is 6.87. The summed E-state index contributed by atoms with van der Waals surface area (Å²) in [5.74, 6) is -0.511. The molecule has 0 aromatic carbocycles. The summed E-state index contributed by atoms with van der Waals surface area (Å²) < 4.78 is 4.85. The first kappa shape index (κ1) is 16.6. The Morgan fingerprint density at radius 3 is 2.90 bits per heavy atom. The Morgan fingerprint density at radius 2 is 2.24 bits per heavy atom. The third kappa shape index (κ3) is 7.05. The Morgan fingerprint density at radius 1 is 1.43 bits per heavy atom. The van der Waals surface area contributed by atoms with Crippen LogP contribution in [0.25, 0.3) is 0 Å². The van der Waals surface area contributed by atoms with Crippen molar-refractivity contribution in [1.29, 1.82) is 0 Å². The number of hydrogen-bond acceptors (Lipinski definition) is 5. The van der Waals surface area contributed by atoms with Gasteiger partial charge in [0.15, 0.2) is 5.76 Å². The van der Waals surface area contributed by atoms with Crippen molar-refractivity contribution < 1.29 is 14.1 Å². The lowest BCUT2D eigenvalue weighted by Gasteiger charge is -1.94. The van der Waals surface area contributed by atoms with Crippen LogP contribution in [0.2, 0.25) is 0 Å². The normalized spacial score (nSPS) is 11.3. The van der Waals surface area contributed by atoms with Gasteiger partial charge in [0.25, 0.3) is 5.91 Å². The van der Waals surface area contributed by atoms with Crippen molar-refractivity contribution >= 4 is 18.0 Å². The van der Waals surface area contributed by atoms with E-state index in [1.165, 1.54) is 37.3 Å². The van der Waals surface area contributed by atoms with Gasteiger partial charge in [-0.25, -0.2) is 5.43 Å². The maximum atomic E-state index is 11.4. The first-order chi connectivity index (χ1) is 10.1. The number of rotatable bonds is 9. The number of nitrogens with zero attached hydrogens (tertiary/aromatic N) is 2. The van der Waals surface area contributed by atoms with Gasteiger partial charge < -0.3 is 4.42 Å². The predicted octanol–water partition coefficient (Wildman–Crippen LogP) is 3.16. The van der Waals surface area contributed by atoms with E-state index in [2.05, 4.69) is 17.5 Å². The third-order valence-corrected chi connectivity index (χ3v) is 2.65. The molecule has 7 heteroatoms. The number of hydrogen-bond donors (Lipinski definition) is 1. The Hall–Kier alpha value is -2.44. The van der Waals surface area contributed by atoms with Gasteiger partial charge in [0.05, 0.1) is 12.3 Å². The maximum absolute atomic E-state index is 11.4. The fourth-order valence-corrected chi connectivity index (χ4v) is 1.59. The van der Waals surface area contributed by atoms with Crippen LogP contribution in [0.15, 0.2) is 33.8 Å². The highest BCUT2D eigenvalue weighted by Crippen LogP contribution is 2.13. The van der Waals surface area contributed by atoms with Crippen LogP contribution in [0.4, 0.5) is 5.88 Å². The molecule has 0 bridgehead atoms. The number of carbonyl (C=O) groups excluding carboxylic acids is 1. The molecule has 21 heavy (non-hydrogen) atoms. The molecular weight excluding hydrogens is 274 g/mol. The lowest BCUT2D eigenvalue weighted by atomic mass is 10.1. The molecule has 0 atom stereocenters. The molecule has 7 nitrogen and oxygen atoms in total. The molecule has 0 radical (unpaired) electrons. The zero-order valence-corrected chi connectivity index (χ0v) is 11.9. The van der Waals surface area contributed by atoms with Crippen molar-refractivity contribution in [2.75, 3.05) is 0 Å². The van der Waals surface area contributed by atoms with Crippen LogP contribution in [0, 0.1) is 10.1 Å². The highest BCUT2D eigenvalue weighted by molar-refractivity contribution is 5.88. The van der Waals surface area contributed by atoms with Crippen LogP contribution >= 0.6 is 0 Å². The second-order valence-electron chi connectivity index (χ2n) is 4.42. The standard InChI is InChI=1S/C14H19N3O4/c1-2-3-4-5-6-7-8-13(18)16-15-11-12-9-10-14(21-12)17(19)20/h7-11H,2-6H2,1H3,(H,16,18)/b8-7+,15-11+. The number of hydrazone groups is 1. The van der Waals surface area contributed by atoms with Gasteiger partial charge in [-0.3, -0.25) is 14.9 Å². The van der Waals surface area contributed by atoms with Crippen molar-refractivity contribution in [1.82, 2.24) is 5.43 Å². The second kappa shape index (κ2) is 9.46. The summed E-state index contributed by atoms with van der Waals surface area (Å²) in [4.78, 5) is 21.1. The SMILES string of the molecule is CCCCCC/C=C/C(=O)N/N=C/c1ccc([N+](=O)[O-])o1. The highest BCUT2D eigenvalue weighted by atomic mass is 16.6. The molecule has 0 saturated heterocycles. The smallest absolute Gasteiger partial charge is 0.400 e. The average Bonchev–Trinajstić information content (AvgIpc) is 2.92. The number of unbranched alkanes of at least 4 members (excludes halogenated alkanes) is 4. The molecule has 0 fully saturated rings. The number of nitrogens with one attached hydrogen (secondary N) is 1. The summed E-state index contributed by atoms with van der Waals surface area (Å²) in [5, 5.41) is 14.0. The van der Waals surface area contributed by atoms with E-state index in [-0.39, 0.29) is 17.6 Å². The molecular formula is C14H19N3O4. The summed E-state index contributed by atoms with van der Waals surface area (Å²) in [6.07, 6.45) is 9.92. The summed E-state index contributed by atoms with van der Waals surface area (Å²) >= 11 is 0. The molecule has 1 aromatic heterocycles. The fraction of sp³-hybridized carbons (Fsp3) is 0.429. The van der Waals surface area contributed by atoms with E-state index in [0.717, 1.165) is 19.3 Å². The fourth-order valence-electron chi connectivity index (χ4n) is 1.59. The van der Waals surface area contributed by atoms with E-state index >= 15 is 0 Å². The molecule has 0 aliphatic rings. The van der Waals surface area contributed by atoms with E-state index < -0.39 is 4.92 Å². The molecule has 0 spiro atoms. The van der Waals surface area contributed by atoms with E-state index in [0.29, 0.717) is 0 Å². The summed E-state index contributed by atoms with van der Waals surface area (Å²) in [6, 6.07) is 2.62. The van der Waals surface area contributed by atoms with Gasteiger partial charge in [0.1, 0.15) is 4.92 Å². The van der Waals surface area contributed by atoms with Crippen molar-refractivity contribution in [3.05, 3.63) is 40.2 Å².